The van der Waals surface area contributed by atoms with Crippen molar-refractivity contribution in [3.8, 4) is 0 Å². The molecule has 0 bridgehead atoms. The number of hydrogen-bond donors (Lipinski definition) is 2. The third-order valence-corrected chi connectivity index (χ3v) is 6.18. The van der Waals surface area contributed by atoms with E-state index >= 15 is 0 Å². The van der Waals surface area contributed by atoms with Gasteiger partial charge in [-0.15, -0.1) is 0 Å². The number of fused-ring (bicyclic) bond motifs is 1. The molecular formula is C16H30O2. The molecule has 18 heavy (non-hydrogen) atoms. The van der Waals surface area contributed by atoms with E-state index in [4.69, 9.17) is 0 Å². The van der Waals surface area contributed by atoms with Crippen LogP contribution in [-0.2, 0) is 0 Å². The molecule has 2 nitrogen and oxygen atoms in total. The Morgan fingerprint density at radius 2 is 1.72 bits per heavy atom. The van der Waals surface area contributed by atoms with Crippen molar-refractivity contribution >= 4 is 0 Å². The lowest BCUT2D eigenvalue weighted by atomic mass is 9.45. The van der Waals surface area contributed by atoms with Crippen LogP contribution in [-0.4, -0.2) is 22.4 Å². The van der Waals surface area contributed by atoms with E-state index in [0.717, 1.165) is 19.3 Å². The fraction of sp³-hybridized carbons (Fsp3) is 1.00. The standard InChI is InChI=1S/C16H30O2/c1-14(2)8-5-9-15(3)12(14)6-10-16(4,18)13(15)7-11-17/h12-13,17-18H,5-11H2,1-4H3/t12-,13-,15+,16-/m1/s1. The number of aliphatic hydroxyl groups is 2. The first-order valence-electron chi connectivity index (χ1n) is 7.57. The van der Waals surface area contributed by atoms with Crippen molar-refractivity contribution in [3.05, 3.63) is 0 Å². The Morgan fingerprint density at radius 3 is 2.33 bits per heavy atom. The van der Waals surface area contributed by atoms with E-state index in [1.165, 1.54) is 19.3 Å². The summed E-state index contributed by atoms with van der Waals surface area (Å²) >= 11 is 0. The topological polar surface area (TPSA) is 40.5 Å². The minimum absolute atomic E-state index is 0.198. The monoisotopic (exact) mass is 254 g/mol. The summed E-state index contributed by atoms with van der Waals surface area (Å²) in [6.45, 7) is 9.34. The maximum Gasteiger partial charge on any atom is 0.0654 e. The molecule has 0 aromatic carbocycles. The second-order valence-corrected chi connectivity index (χ2v) is 7.86. The molecule has 2 aliphatic carbocycles. The lowest BCUT2D eigenvalue weighted by Crippen LogP contribution is -2.57. The highest BCUT2D eigenvalue weighted by molar-refractivity contribution is 5.07. The van der Waals surface area contributed by atoms with E-state index in [1.54, 1.807) is 0 Å². The van der Waals surface area contributed by atoms with Gasteiger partial charge < -0.3 is 10.2 Å². The van der Waals surface area contributed by atoms with Crippen LogP contribution < -0.4 is 0 Å². The van der Waals surface area contributed by atoms with Gasteiger partial charge in [0, 0.05) is 6.61 Å². The first kappa shape index (κ1) is 14.3. The van der Waals surface area contributed by atoms with E-state index < -0.39 is 5.60 Å². The molecule has 0 unspecified atom stereocenters. The molecule has 0 heterocycles. The molecule has 2 rings (SSSR count). The van der Waals surface area contributed by atoms with Crippen LogP contribution in [0, 0.1) is 22.7 Å². The van der Waals surface area contributed by atoms with Gasteiger partial charge in [0.25, 0.3) is 0 Å². The Morgan fingerprint density at radius 1 is 1.06 bits per heavy atom. The van der Waals surface area contributed by atoms with Crippen molar-refractivity contribution in [2.75, 3.05) is 6.61 Å². The minimum atomic E-state index is -0.596. The Balaban J connectivity index is 2.35. The predicted octanol–water partition coefficient (Wildman–Crippen LogP) is 3.36. The van der Waals surface area contributed by atoms with Gasteiger partial charge in [-0.2, -0.15) is 0 Å². The number of hydrogen-bond acceptors (Lipinski definition) is 2. The zero-order valence-electron chi connectivity index (χ0n) is 12.5. The van der Waals surface area contributed by atoms with Crippen molar-refractivity contribution in [2.45, 2.75) is 71.8 Å². The normalized spacial score (nSPS) is 47.7. The zero-order chi connectivity index (χ0) is 13.6. The molecule has 2 saturated carbocycles. The molecule has 2 heteroatoms. The molecule has 0 aromatic rings. The summed E-state index contributed by atoms with van der Waals surface area (Å²) < 4.78 is 0. The van der Waals surface area contributed by atoms with E-state index in [-0.39, 0.29) is 17.9 Å². The summed E-state index contributed by atoms with van der Waals surface area (Å²) in [6.07, 6.45) is 6.55. The first-order chi connectivity index (χ1) is 8.24. The summed E-state index contributed by atoms with van der Waals surface area (Å²) in [5.41, 5.74) is -0.00909. The van der Waals surface area contributed by atoms with E-state index in [1.807, 2.05) is 6.92 Å². The zero-order valence-corrected chi connectivity index (χ0v) is 12.5. The fourth-order valence-electron chi connectivity index (χ4n) is 5.39. The van der Waals surface area contributed by atoms with E-state index in [9.17, 15) is 10.2 Å². The largest absolute Gasteiger partial charge is 0.396 e. The fourth-order valence-corrected chi connectivity index (χ4v) is 5.39. The van der Waals surface area contributed by atoms with Gasteiger partial charge in [-0.05, 0) is 61.7 Å². The Bertz CT molecular complexity index is 308. The third kappa shape index (κ3) is 2.12. The first-order valence-corrected chi connectivity index (χ1v) is 7.57. The number of aliphatic hydroxyl groups excluding tert-OH is 1. The average Bonchev–Trinajstić information content (AvgIpc) is 2.22. The lowest BCUT2D eigenvalue weighted by molar-refractivity contribution is -0.171. The van der Waals surface area contributed by atoms with Gasteiger partial charge in [-0.25, -0.2) is 0 Å². The molecule has 0 aromatic heterocycles. The highest BCUT2D eigenvalue weighted by Gasteiger charge is 2.57. The molecular weight excluding hydrogens is 224 g/mol. The molecule has 0 spiro atoms. The highest BCUT2D eigenvalue weighted by atomic mass is 16.3. The van der Waals surface area contributed by atoms with Crippen LogP contribution in [0.2, 0.25) is 0 Å². The second-order valence-electron chi connectivity index (χ2n) is 7.86. The van der Waals surface area contributed by atoms with Crippen LogP contribution in [0.1, 0.15) is 66.2 Å². The van der Waals surface area contributed by atoms with Crippen molar-refractivity contribution in [3.63, 3.8) is 0 Å². The second kappa shape index (κ2) is 4.49. The number of rotatable bonds is 2. The Kier molecular flexibility index (Phi) is 3.57. The van der Waals surface area contributed by atoms with E-state index in [0.29, 0.717) is 11.3 Å². The van der Waals surface area contributed by atoms with Crippen LogP contribution in [0.25, 0.3) is 0 Å². The molecule has 2 aliphatic rings. The van der Waals surface area contributed by atoms with Crippen LogP contribution in [0.4, 0.5) is 0 Å². The predicted molar refractivity (Wildman–Crippen MR) is 74.3 cm³/mol. The maximum absolute atomic E-state index is 10.7. The van der Waals surface area contributed by atoms with Gasteiger partial charge in [-0.3, -0.25) is 0 Å². The maximum atomic E-state index is 10.7. The summed E-state index contributed by atoms with van der Waals surface area (Å²) in [6, 6.07) is 0. The molecule has 0 aliphatic heterocycles. The van der Waals surface area contributed by atoms with Gasteiger partial charge in [0.2, 0.25) is 0 Å². The van der Waals surface area contributed by atoms with Gasteiger partial charge >= 0.3 is 0 Å². The summed E-state index contributed by atoms with van der Waals surface area (Å²) in [5.74, 6) is 0.934. The van der Waals surface area contributed by atoms with Crippen molar-refractivity contribution in [1.29, 1.82) is 0 Å². The van der Waals surface area contributed by atoms with Gasteiger partial charge in [-0.1, -0.05) is 27.2 Å². The van der Waals surface area contributed by atoms with Crippen LogP contribution >= 0.6 is 0 Å². The quantitative estimate of drug-likeness (QED) is 0.793. The minimum Gasteiger partial charge on any atom is -0.396 e. The van der Waals surface area contributed by atoms with Crippen LogP contribution in [0.15, 0.2) is 0 Å². The lowest BCUT2D eigenvalue weighted by Gasteiger charge is -2.61. The molecule has 2 N–H and O–H groups in total. The van der Waals surface area contributed by atoms with Crippen molar-refractivity contribution < 1.29 is 10.2 Å². The average molecular weight is 254 g/mol. The van der Waals surface area contributed by atoms with Gasteiger partial charge in [0.05, 0.1) is 5.60 Å². The molecule has 0 radical (unpaired) electrons. The highest BCUT2D eigenvalue weighted by Crippen LogP contribution is 2.62. The van der Waals surface area contributed by atoms with E-state index in [2.05, 4.69) is 20.8 Å². The SMILES string of the molecule is CC1(C)CCC[C@@]2(C)[C@@H]1CC[C@@](C)(O)[C@@H]2CCO. The molecule has 0 amide bonds. The Labute approximate surface area is 112 Å². The molecule has 2 fully saturated rings. The Hall–Kier alpha value is -0.0800. The van der Waals surface area contributed by atoms with Gasteiger partial charge in [0.1, 0.15) is 0 Å². The smallest absolute Gasteiger partial charge is 0.0654 e. The summed E-state index contributed by atoms with van der Waals surface area (Å²) in [7, 11) is 0. The molecule has 0 saturated heterocycles. The van der Waals surface area contributed by atoms with Gasteiger partial charge in [0.15, 0.2) is 0 Å². The summed E-state index contributed by atoms with van der Waals surface area (Å²) in [5, 5.41) is 20.1. The third-order valence-electron chi connectivity index (χ3n) is 6.18. The van der Waals surface area contributed by atoms with Crippen molar-refractivity contribution in [2.24, 2.45) is 22.7 Å². The molecule has 106 valence electrons. The van der Waals surface area contributed by atoms with Crippen molar-refractivity contribution in [1.82, 2.24) is 0 Å². The van der Waals surface area contributed by atoms with Crippen LogP contribution in [0.3, 0.4) is 0 Å². The summed E-state index contributed by atoms with van der Waals surface area (Å²) in [4.78, 5) is 0. The molecule has 4 atom stereocenters. The van der Waals surface area contributed by atoms with Crippen LogP contribution in [0.5, 0.6) is 0 Å².